The highest BCUT2D eigenvalue weighted by Gasteiger charge is 2.24. The number of hydrogen-bond acceptors (Lipinski definition) is 5. The van der Waals surface area contributed by atoms with Crippen LogP contribution in [0.2, 0.25) is 0 Å². The molecule has 0 aliphatic rings. The number of sulfone groups is 1. The number of anilines is 1. The number of benzene rings is 3. The van der Waals surface area contributed by atoms with E-state index >= 15 is 0 Å². The lowest BCUT2D eigenvalue weighted by Crippen LogP contribution is -2.24. The van der Waals surface area contributed by atoms with Crippen LogP contribution < -0.4 is 15.5 Å². The van der Waals surface area contributed by atoms with Crippen LogP contribution in [0.5, 0.6) is 5.75 Å². The number of pyridine rings is 1. The normalized spacial score (nSPS) is 11.4. The van der Waals surface area contributed by atoms with E-state index in [1.807, 2.05) is 31.2 Å². The van der Waals surface area contributed by atoms with Crippen LogP contribution in [0, 0.1) is 0 Å². The van der Waals surface area contributed by atoms with Gasteiger partial charge in [-0.05, 0) is 54.4 Å². The van der Waals surface area contributed by atoms with Gasteiger partial charge in [-0.1, -0.05) is 37.3 Å². The van der Waals surface area contributed by atoms with E-state index in [0.29, 0.717) is 17.0 Å². The number of amides is 1. The Labute approximate surface area is 197 Å². The topological polar surface area (TPSA) is 94.5 Å². The van der Waals surface area contributed by atoms with Crippen molar-refractivity contribution in [2.45, 2.75) is 29.7 Å². The summed E-state index contributed by atoms with van der Waals surface area (Å²) in [7, 11) is -2.65. The van der Waals surface area contributed by atoms with E-state index < -0.39 is 20.2 Å². The highest BCUT2D eigenvalue weighted by Crippen LogP contribution is 2.24. The zero-order chi connectivity index (χ0) is 24.3. The summed E-state index contributed by atoms with van der Waals surface area (Å²) in [6, 6.07) is 20.0. The van der Waals surface area contributed by atoms with Gasteiger partial charge in [-0.15, -0.1) is 0 Å². The van der Waals surface area contributed by atoms with Crippen LogP contribution >= 0.6 is 0 Å². The molecule has 1 amide bonds. The number of ether oxygens (including phenoxy) is 1. The van der Waals surface area contributed by atoms with E-state index in [2.05, 4.69) is 5.32 Å². The number of aromatic nitrogens is 1. The van der Waals surface area contributed by atoms with Gasteiger partial charge in [0.1, 0.15) is 17.2 Å². The van der Waals surface area contributed by atoms with Crippen molar-refractivity contribution < 1.29 is 17.9 Å². The molecule has 4 aromatic rings. The number of nitrogens with zero attached hydrogens (tertiary/aromatic N) is 1. The van der Waals surface area contributed by atoms with Gasteiger partial charge >= 0.3 is 0 Å². The standard InChI is InChI=1S/C26H24N2O5S/c1-3-18-9-11-19(12-10-18)27-25(29)17-28-16-24(34(31,32)21-7-5-4-6-8-21)26(30)22-15-20(33-2)13-14-23(22)28/h4-16H,3,17H2,1-2H3,(H,27,29). The summed E-state index contributed by atoms with van der Waals surface area (Å²) >= 11 is 0. The average Bonchev–Trinajstić information content (AvgIpc) is 2.86. The van der Waals surface area contributed by atoms with Crippen molar-refractivity contribution in [2.24, 2.45) is 0 Å². The Kier molecular flexibility index (Phi) is 6.51. The molecular formula is C26H24N2O5S. The van der Waals surface area contributed by atoms with E-state index in [1.165, 1.54) is 36.1 Å². The van der Waals surface area contributed by atoms with Gasteiger partial charge in [0.2, 0.25) is 21.2 Å². The maximum atomic E-state index is 13.3. The molecular weight excluding hydrogens is 452 g/mol. The van der Waals surface area contributed by atoms with E-state index in [1.54, 1.807) is 30.3 Å². The zero-order valence-electron chi connectivity index (χ0n) is 18.8. The molecule has 0 atom stereocenters. The maximum Gasteiger partial charge on any atom is 0.244 e. The lowest BCUT2D eigenvalue weighted by molar-refractivity contribution is -0.116. The van der Waals surface area contributed by atoms with Crippen LogP contribution in [0.15, 0.2) is 93.6 Å². The first-order valence-electron chi connectivity index (χ1n) is 10.7. The third-order valence-electron chi connectivity index (χ3n) is 5.56. The summed E-state index contributed by atoms with van der Waals surface area (Å²) in [4.78, 5) is 25.7. The lowest BCUT2D eigenvalue weighted by atomic mass is 10.1. The number of rotatable bonds is 7. The molecule has 0 unspecified atom stereocenters. The second-order valence-corrected chi connectivity index (χ2v) is 9.67. The zero-order valence-corrected chi connectivity index (χ0v) is 19.6. The molecule has 0 saturated carbocycles. The van der Waals surface area contributed by atoms with E-state index in [4.69, 9.17) is 4.74 Å². The number of methoxy groups -OCH3 is 1. The molecule has 0 spiro atoms. The molecule has 1 N–H and O–H groups in total. The van der Waals surface area contributed by atoms with E-state index in [-0.39, 0.29) is 22.7 Å². The minimum Gasteiger partial charge on any atom is -0.497 e. The Morgan fingerprint density at radius 1 is 1.00 bits per heavy atom. The third kappa shape index (κ3) is 4.58. The fraction of sp³-hybridized carbons (Fsp3) is 0.154. The van der Waals surface area contributed by atoms with Gasteiger partial charge in [0.25, 0.3) is 0 Å². The molecule has 8 heteroatoms. The van der Waals surface area contributed by atoms with Gasteiger partial charge in [-0.3, -0.25) is 9.59 Å². The first-order valence-corrected chi connectivity index (χ1v) is 12.2. The number of carbonyl (C=O) groups is 1. The molecule has 0 aliphatic heterocycles. The molecule has 0 aliphatic carbocycles. The Balaban J connectivity index is 1.79. The van der Waals surface area contributed by atoms with Crippen molar-refractivity contribution in [1.82, 2.24) is 4.57 Å². The van der Waals surface area contributed by atoms with Gasteiger partial charge in [0.05, 0.1) is 22.9 Å². The van der Waals surface area contributed by atoms with Crippen molar-refractivity contribution in [3.63, 3.8) is 0 Å². The summed E-state index contributed by atoms with van der Waals surface area (Å²) in [5, 5.41) is 2.97. The predicted molar refractivity (Wildman–Crippen MR) is 131 cm³/mol. The quantitative estimate of drug-likeness (QED) is 0.434. The molecule has 174 valence electrons. The Morgan fingerprint density at radius 3 is 2.35 bits per heavy atom. The van der Waals surface area contributed by atoms with Crippen LogP contribution in [0.25, 0.3) is 10.9 Å². The van der Waals surface area contributed by atoms with Crippen molar-refractivity contribution in [3.8, 4) is 5.75 Å². The van der Waals surface area contributed by atoms with Crippen LogP contribution in [0.1, 0.15) is 12.5 Å². The highest BCUT2D eigenvalue weighted by atomic mass is 32.2. The Morgan fingerprint density at radius 2 is 1.71 bits per heavy atom. The van der Waals surface area contributed by atoms with Crippen LogP contribution in [0.3, 0.4) is 0 Å². The van der Waals surface area contributed by atoms with Gasteiger partial charge in [0, 0.05) is 11.9 Å². The van der Waals surface area contributed by atoms with Crippen molar-refractivity contribution >= 4 is 32.3 Å². The fourth-order valence-corrected chi connectivity index (χ4v) is 5.09. The highest BCUT2D eigenvalue weighted by molar-refractivity contribution is 7.91. The molecule has 3 aromatic carbocycles. The second-order valence-electron chi connectivity index (χ2n) is 7.75. The molecule has 0 saturated heterocycles. The molecule has 34 heavy (non-hydrogen) atoms. The van der Waals surface area contributed by atoms with E-state index in [9.17, 15) is 18.0 Å². The van der Waals surface area contributed by atoms with Crippen LogP contribution in [-0.4, -0.2) is 26.0 Å². The number of aryl methyl sites for hydroxylation is 1. The summed E-state index contributed by atoms with van der Waals surface area (Å²) in [6.07, 6.45) is 2.12. The smallest absolute Gasteiger partial charge is 0.244 e. The van der Waals surface area contributed by atoms with Crippen molar-refractivity contribution in [2.75, 3.05) is 12.4 Å². The van der Waals surface area contributed by atoms with Gasteiger partial charge in [0.15, 0.2) is 0 Å². The molecule has 0 bridgehead atoms. The molecule has 0 radical (unpaired) electrons. The number of hydrogen-bond donors (Lipinski definition) is 1. The number of fused-ring (bicyclic) bond motifs is 1. The summed E-state index contributed by atoms with van der Waals surface area (Å²) in [5.74, 6) is 0.0546. The molecule has 1 heterocycles. The van der Waals surface area contributed by atoms with Crippen LogP contribution in [-0.2, 0) is 27.6 Å². The first kappa shape index (κ1) is 23.3. The molecule has 4 rings (SSSR count). The monoisotopic (exact) mass is 476 g/mol. The molecule has 7 nitrogen and oxygen atoms in total. The van der Waals surface area contributed by atoms with Gasteiger partial charge < -0.3 is 14.6 Å². The molecule has 0 fully saturated rings. The van der Waals surface area contributed by atoms with Crippen LogP contribution in [0.4, 0.5) is 5.69 Å². The Hall–Kier alpha value is -3.91. The lowest BCUT2D eigenvalue weighted by Gasteiger charge is -2.15. The number of nitrogens with one attached hydrogen (secondary N) is 1. The minimum atomic E-state index is -4.11. The molecule has 1 aromatic heterocycles. The van der Waals surface area contributed by atoms with Gasteiger partial charge in [-0.2, -0.15) is 0 Å². The largest absolute Gasteiger partial charge is 0.497 e. The van der Waals surface area contributed by atoms with E-state index in [0.717, 1.165) is 12.0 Å². The summed E-state index contributed by atoms with van der Waals surface area (Å²) < 4.78 is 33.3. The summed E-state index contributed by atoms with van der Waals surface area (Å²) in [6.45, 7) is 1.86. The SMILES string of the molecule is CCc1ccc(NC(=O)Cn2cc(S(=O)(=O)c3ccccc3)c(=O)c3cc(OC)ccc32)cc1. The van der Waals surface area contributed by atoms with Crippen molar-refractivity contribution in [1.29, 1.82) is 0 Å². The third-order valence-corrected chi connectivity index (χ3v) is 7.32. The number of carbonyl (C=O) groups excluding carboxylic acids is 1. The second kappa shape index (κ2) is 9.52. The average molecular weight is 477 g/mol. The minimum absolute atomic E-state index is 0.00126. The predicted octanol–water partition coefficient (Wildman–Crippen LogP) is 4.04. The first-order chi connectivity index (χ1) is 16.3. The van der Waals surface area contributed by atoms with Gasteiger partial charge in [-0.25, -0.2) is 8.42 Å². The fourth-order valence-electron chi connectivity index (χ4n) is 3.70. The van der Waals surface area contributed by atoms with Crippen molar-refractivity contribution in [3.05, 3.63) is 94.8 Å². The summed E-state index contributed by atoms with van der Waals surface area (Å²) in [5.41, 5.74) is 1.55. The maximum absolute atomic E-state index is 13.3. The Bertz CT molecular complexity index is 1510.